The minimum atomic E-state index is -0.399. The average molecular weight is 420 g/mol. The lowest BCUT2D eigenvalue weighted by Crippen LogP contribution is -2.33. The minimum absolute atomic E-state index is 0.300. The van der Waals surface area contributed by atoms with E-state index in [1.54, 1.807) is 18.5 Å². The molecule has 1 aliphatic carbocycles. The third-order valence-corrected chi connectivity index (χ3v) is 6.10. The molecule has 0 bridgehead atoms. The van der Waals surface area contributed by atoms with Gasteiger partial charge >= 0.3 is 5.97 Å². The van der Waals surface area contributed by atoms with Gasteiger partial charge in [0.1, 0.15) is 5.82 Å². The summed E-state index contributed by atoms with van der Waals surface area (Å²) in [5, 5.41) is 8.24. The predicted octanol–water partition coefficient (Wildman–Crippen LogP) is 4.52. The first-order chi connectivity index (χ1) is 15.1. The number of hydrogen-bond acceptors (Lipinski definition) is 6. The fourth-order valence-electron chi connectivity index (χ4n) is 4.32. The number of methoxy groups -OCH3 is 1. The maximum atomic E-state index is 12.3. The topological polar surface area (TPSA) is 72.3 Å². The molecule has 0 radical (unpaired) electrons. The van der Waals surface area contributed by atoms with Gasteiger partial charge in [0.05, 0.1) is 36.8 Å². The number of esters is 1. The first kappa shape index (κ1) is 21.1. The Morgan fingerprint density at radius 3 is 2.52 bits per heavy atom. The number of pyridine rings is 1. The highest BCUT2D eigenvalue weighted by Gasteiger charge is 2.27. The SMILES string of the molecule is COC(=O)c1ccncc1Nc1c(-c2ccccc2)cnn1C1CCC(N(C)C)CC1. The lowest BCUT2D eigenvalue weighted by molar-refractivity contribution is 0.0601. The molecule has 7 heteroatoms. The van der Waals surface area contributed by atoms with Gasteiger partial charge in [0, 0.05) is 17.8 Å². The normalized spacial score (nSPS) is 18.7. The zero-order valence-corrected chi connectivity index (χ0v) is 18.3. The molecule has 0 amide bonds. The fraction of sp³-hybridized carbons (Fsp3) is 0.375. The number of benzene rings is 1. The van der Waals surface area contributed by atoms with Gasteiger partial charge in [0.2, 0.25) is 0 Å². The van der Waals surface area contributed by atoms with Gasteiger partial charge in [-0.05, 0) is 51.4 Å². The van der Waals surface area contributed by atoms with Crippen molar-refractivity contribution in [3.05, 3.63) is 60.6 Å². The van der Waals surface area contributed by atoms with E-state index < -0.39 is 5.97 Å². The van der Waals surface area contributed by atoms with Crippen LogP contribution < -0.4 is 5.32 Å². The van der Waals surface area contributed by atoms with Crippen LogP contribution in [0.3, 0.4) is 0 Å². The van der Waals surface area contributed by atoms with Gasteiger partial charge in [-0.3, -0.25) is 4.98 Å². The molecule has 3 aromatic rings. The maximum Gasteiger partial charge on any atom is 0.340 e. The third-order valence-electron chi connectivity index (χ3n) is 6.10. The predicted molar refractivity (Wildman–Crippen MR) is 122 cm³/mol. The summed E-state index contributed by atoms with van der Waals surface area (Å²) < 4.78 is 7.04. The van der Waals surface area contributed by atoms with Crippen LogP contribution in [-0.4, -0.2) is 52.9 Å². The van der Waals surface area contributed by atoms with Crippen LogP contribution in [0.1, 0.15) is 42.1 Å². The summed E-state index contributed by atoms with van der Waals surface area (Å²) in [6.07, 6.45) is 9.55. The zero-order chi connectivity index (χ0) is 21.8. The van der Waals surface area contributed by atoms with Gasteiger partial charge in [-0.1, -0.05) is 30.3 Å². The minimum Gasteiger partial charge on any atom is -0.465 e. The van der Waals surface area contributed by atoms with E-state index in [1.807, 2.05) is 24.4 Å². The molecule has 1 aromatic carbocycles. The molecule has 0 atom stereocenters. The van der Waals surface area contributed by atoms with Crippen LogP contribution in [0.15, 0.2) is 55.0 Å². The smallest absolute Gasteiger partial charge is 0.340 e. The van der Waals surface area contributed by atoms with Gasteiger partial charge in [0.15, 0.2) is 0 Å². The molecule has 162 valence electrons. The van der Waals surface area contributed by atoms with E-state index >= 15 is 0 Å². The Balaban J connectivity index is 1.72. The van der Waals surface area contributed by atoms with Crippen LogP contribution in [0.5, 0.6) is 0 Å². The van der Waals surface area contributed by atoms with Gasteiger partial charge in [-0.15, -0.1) is 0 Å². The van der Waals surface area contributed by atoms with E-state index in [0.29, 0.717) is 23.3 Å². The van der Waals surface area contributed by atoms with E-state index in [1.165, 1.54) is 7.11 Å². The fourth-order valence-corrected chi connectivity index (χ4v) is 4.32. The molecule has 4 rings (SSSR count). The number of carbonyl (C=O) groups is 1. The summed E-state index contributed by atoms with van der Waals surface area (Å²) in [6, 6.07) is 12.8. The van der Waals surface area contributed by atoms with Gasteiger partial charge in [-0.2, -0.15) is 5.10 Å². The standard InChI is InChI=1S/C24H29N5O2/c1-28(2)18-9-11-19(12-10-18)29-23(21(15-26-29)17-7-5-4-6-8-17)27-22-16-25-14-13-20(22)24(30)31-3/h4-8,13-16,18-19,27H,9-12H2,1-3H3. The molecule has 0 aliphatic heterocycles. The van der Waals surface area contributed by atoms with Crippen molar-refractivity contribution in [1.29, 1.82) is 0 Å². The number of nitrogens with one attached hydrogen (secondary N) is 1. The number of ether oxygens (including phenoxy) is 1. The Hall–Kier alpha value is -3.19. The molecule has 7 nitrogen and oxygen atoms in total. The molecule has 1 aliphatic rings. The Kier molecular flexibility index (Phi) is 6.32. The van der Waals surface area contributed by atoms with Gasteiger partial charge < -0.3 is 15.0 Å². The third kappa shape index (κ3) is 4.46. The first-order valence-corrected chi connectivity index (χ1v) is 10.7. The van der Waals surface area contributed by atoms with E-state index in [4.69, 9.17) is 9.84 Å². The molecular weight excluding hydrogens is 390 g/mol. The van der Waals surface area contributed by atoms with Crippen molar-refractivity contribution in [3.63, 3.8) is 0 Å². The molecule has 1 saturated carbocycles. The second-order valence-electron chi connectivity index (χ2n) is 8.18. The van der Waals surface area contributed by atoms with E-state index in [0.717, 1.165) is 42.6 Å². The highest BCUT2D eigenvalue weighted by molar-refractivity contribution is 5.96. The molecule has 0 unspecified atom stereocenters. The molecule has 1 N–H and O–H groups in total. The van der Waals surface area contributed by atoms with Crippen molar-refractivity contribution in [2.45, 2.75) is 37.8 Å². The highest BCUT2D eigenvalue weighted by Crippen LogP contribution is 2.37. The number of rotatable bonds is 6. The van der Waals surface area contributed by atoms with E-state index in [2.05, 4.69) is 46.1 Å². The van der Waals surface area contributed by atoms with Crippen molar-refractivity contribution in [3.8, 4) is 11.1 Å². The number of carbonyl (C=O) groups excluding carboxylic acids is 1. The molecule has 2 aromatic heterocycles. The lowest BCUT2D eigenvalue weighted by Gasteiger charge is -2.33. The second-order valence-corrected chi connectivity index (χ2v) is 8.18. The first-order valence-electron chi connectivity index (χ1n) is 10.7. The number of aromatic nitrogens is 3. The molecule has 0 saturated heterocycles. The van der Waals surface area contributed by atoms with Crippen LogP contribution in [0.25, 0.3) is 11.1 Å². The molecular formula is C24H29N5O2. The van der Waals surface area contributed by atoms with Crippen LogP contribution in [0.2, 0.25) is 0 Å². The maximum absolute atomic E-state index is 12.3. The van der Waals surface area contributed by atoms with E-state index in [-0.39, 0.29) is 0 Å². The largest absolute Gasteiger partial charge is 0.465 e. The monoisotopic (exact) mass is 419 g/mol. The molecule has 0 spiro atoms. The Morgan fingerprint density at radius 2 is 1.84 bits per heavy atom. The van der Waals surface area contributed by atoms with Crippen LogP contribution >= 0.6 is 0 Å². The number of hydrogen-bond donors (Lipinski definition) is 1. The summed E-state index contributed by atoms with van der Waals surface area (Å²) >= 11 is 0. The van der Waals surface area contributed by atoms with Crippen molar-refractivity contribution < 1.29 is 9.53 Å². The van der Waals surface area contributed by atoms with Crippen molar-refractivity contribution in [1.82, 2.24) is 19.7 Å². The summed E-state index contributed by atoms with van der Waals surface area (Å²) in [4.78, 5) is 18.8. The van der Waals surface area contributed by atoms with Gasteiger partial charge in [-0.25, -0.2) is 9.48 Å². The highest BCUT2D eigenvalue weighted by atomic mass is 16.5. The lowest BCUT2D eigenvalue weighted by atomic mass is 9.90. The van der Waals surface area contributed by atoms with Gasteiger partial charge in [0.25, 0.3) is 0 Å². The molecule has 2 heterocycles. The van der Waals surface area contributed by atoms with Crippen molar-refractivity contribution in [2.24, 2.45) is 0 Å². The summed E-state index contributed by atoms with van der Waals surface area (Å²) in [5.41, 5.74) is 3.12. The summed E-state index contributed by atoms with van der Waals surface area (Å²) in [7, 11) is 5.68. The Labute approximate surface area is 183 Å². The van der Waals surface area contributed by atoms with E-state index in [9.17, 15) is 4.79 Å². The Bertz CT molecular complexity index is 1020. The summed E-state index contributed by atoms with van der Waals surface area (Å²) in [6.45, 7) is 0. The van der Waals surface area contributed by atoms with Crippen LogP contribution in [0.4, 0.5) is 11.5 Å². The summed E-state index contributed by atoms with van der Waals surface area (Å²) in [5.74, 6) is 0.473. The quantitative estimate of drug-likeness (QED) is 0.592. The zero-order valence-electron chi connectivity index (χ0n) is 18.3. The van der Waals surface area contributed by atoms with Crippen LogP contribution in [-0.2, 0) is 4.74 Å². The molecule has 31 heavy (non-hydrogen) atoms. The Morgan fingerprint density at radius 1 is 1.10 bits per heavy atom. The molecule has 1 fully saturated rings. The van der Waals surface area contributed by atoms with Crippen molar-refractivity contribution >= 4 is 17.5 Å². The number of anilines is 2. The van der Waals surface area contributed by atoms with Crippen molar-refractivity contribution in [2.75, 3.05) is 26.5 Å². The van der Waals surface area contributed by atoms with Crippen LogP contribution in [0, 0.1) is 0 Å². The second kappa shape index (κ2) is 9.31. The average Bonchev–Trinajstić information content (AvgIpc) is 3.23. The number of nitrogens with zero attached hydrogens (tertiary/aromatic N) is 4.